The minimum absolute atomic E-state index is 0.0526. The summed E-state index contributed by atoms with van der Waals surface area (Å²) in [6.45, 7) is 5.58. The molecule has 0 bridgehead atoms. The highest BCUT2D eigenvalue weighted by Crippen LogP contribution is 1.88. The molecular formula is C14H26BO7. The molecule has 22 heavy (non-hydrogen) atoms. The van der Waals surface area contributed by atoms with Crippen LogP contribution in [0.15, 0.2) is 0 Å². The number of ether oxygens (including phenoxy) is 6. The second kappa shape index (κ2) is 15.4. The van der Waals surface area contributed by atoms with Crippen molar-refractivity contribution >= 4 is 13.0 Å². The lowest BCUT2D eigenvalue weighted by atomic mass is 9.75. The maximum Gasteiger partial charge on any atom is 0.238 e. The van der Waals surface area contributed by atoms with Crippen molar-refractivity contribution in [1.82, 2.24) is 0 Å². The summed E-state index contributed by atoms with van der Waals surface area (Å²) in [7, 11) is 1.47. The van der Waals surface area contributed by atoms with Crippen molar-refractivity contribution in [1.29, 1.82) is 0 Å². The van der Waals surface area contributed by atoms with E-state index < -0.39 is 0 Å². The standard InChI is InChI=1S/C14H26BO7/c16-14-12-21-10-8-19-6-4-17-2-1-3-18-5-7-20-9-11-22-13-15-14/h1-13H2. The molecule has 1 radical (unpaired) electrons. The summed E-state index contributed by atoms with van der Waals surface area (Å²) >= 11 is 0. The van der Waals surface area contributed by atoms with E-state index in [0.717, 1.165) is 6.42 Å². The van der Waals surface area contributed by atoms with Gasteiger partial charge in [0.1, 0.15) is 5.68 Å². The van der Waals surface area contributed by atoms with Crippen molar-refractivity contribution in [2.24, 2.45) is 0 Å². The van der Waals surface area contributed by atoms with E-state index in [1.165, 1.54) is 7.28 Å². The van der Waals surface area contributed by atoms with Crippen LogP contribution < -0.4 is 0 Å². The number of carbonyl (C=O) groups is 1. The average molecular weight is 317 g/mol. The molecular weight excluding hydrogens is 291 g/mol. The molecule has 1 heterocycles. The van der Waals surface area contributed by atoms with Crippen molar-refractivity contribution in [3.63, 3.8) is 0 Å². The SMILES string of the molecule is O=C1[B]COCCOCCOCCCOCCOCCOC1. The first-order valence-corrected chi connectivity index (χ1v) is 7.72. The van der Waals surface area contributed by atoms with Crippen molar-refractivity contribution in [3.8, 4) is 0 Å². The molecule has 1 aliphatic rings. The number of hydrogen-bond donors (Lipinski definition) is 0. The molecule has 0 atom stereocenters. The highest BCUT2D eigenvalue weighted by molar-refractivity contribution is 6.74. The Labute approximate surface area is 132 Å². The largest absolute Gasteiger partial charge is 0.387 e. The Kier molecular flexibility index (Phi) is 13.7. The quantitative estimate of drug-likeness (QED) is 0.567. The van der Waals surface area contributed by atoms with Gasteiger partial charge in [-0.15, -0.1) is 0 Å². The first kappa shape index (κ1) is 19.5. The third kappa shape index (κ3) is 13.2. The van der Waals surface area contributed by atoms with E-state index >= 15 is 0 Å². The van der Waals surface area contributed by atoms with E-state index in [9.17, 15) is 4.79 Å². The van der Waals surface area contributed by atoms with Crippen LogP contribution in [0.1, 0.15) is 6.42 Å². The van der Waals surface area contributed by atoms with Gasteiger partial charge in [0.15, 0.2) is 0 Å². The van der Waals surface area contributed by atoms with Crippen LogP contribution >= 0.6 is 0 Å². The fraction of sp³-hybridized carbons (Fsp3) is 0.929. The molecule has 0 aromatic carbocycles. The lowest BCUT2D eigenvalue weighted by Crippen LogP contribution is -2.23. The molecule has 0 aromatic rings. The third-order valence-corrected chi connectivity index (χ3v) is 2.74. The molecule has 0 spiro atoms. The van der Waals surface area contributed by atoms with Crippen LogP contribution in [-0.4, -0.2) is 92.1 Å². The average Bonchev–Trinajstić information content (AvgIpc) is 2.52. The molecule has 0 saturated carbocycles. The van der Waals surface area contributed by atoms with Gasteiger partial charge in [0.05, 0.1) is 59.5 Å². The van der Waals surface area contributed by atoms with Crippen LogP contribution in [0.2, 0.25) is 0 Å². The van der Waals surface area contributed by atoms with Gasteiger partial charge in [-0.2, -0.15) is 0 Å². The lowest BCUT2D eigenvalue weighted by Gasteiger charge is -2.07. The zero-order valence-corrected chi connectivity index (χ0v) is 13.1. The Hall–Kier alpha value is -0.505. The Morgan fingerprint density at radius 2 is 1.05 bits per heavy atom. The summed E-state index contributed by atoms with van der Waals surface area (Å²) in [4.78, 5) is 11.4. The van der Waals surface area contributed by atoms with Crippen molar-refractivity contribution in [3.05, 3.63) is 0 Å². The zero-order chi connectivity index (χ0) is 15.7. The molecule has 8 heteroatoms. The molecule has 1 saturated heterocycles. The van der Waals surface area contributed by atoms with Crippen LogP contribution in [0.4, 0.5) is 0 Å². The monoisotopic (exact) mass is 317 g/mol. The number of rotatable bonds is 0. The number of carbonyl (C=O) groups excluding carboxylic acids is 1. The first-order chi connectivity index (χ1) is 10.9. The van der Waals surface area contributed by atoms with Crippen LogP contribution in [-0.2, 0) is 33.2 Å². The van der Waals surface area contributed by atoms with E-state index in [1.54, 1.807) is 0 Å². The van der Waals surface area contributed by atoms with Crippen LogP contribution in [0.5, 0.6) is 0 Å². The summed E-state index contributed by atoms with van der Waals surface area (Å²) in [5.74, 6) is 0. The second-order valence-corrected chi connectivity index (χ2v) is 4.60. The predicted octanol–water partition coefficient (Wildman–Crippen LogP) is -0.322. The van der Waals surface area contributed by atoms with Gasteiger partial charge in [-0.3, -0.25) is 0 Å². The molecule has 127 valence electrons. The highest BCUT2D eigenvalue weighted by Gasteiger charge is 2.04. The minimum Gasteiger partial charge on any atom is -0.387 e. The molecule has 1 aliphatic heterocycles. The lowest BCUT2D eigenvalue weighted by molar-refractivity contribution is -0.117. The second-order valence-electron chi connectivity index (χ2n) is 4.60. The normalized spacial score (nSPS) is 23.2. The maximum absolute atomic E-state index is 11.4. The molecule has 7 nitrogen and oxygen atoms in total. The summed E-state index contributed by atoms with van der Waals surface area (Å²) in [6, 6.07) is 0. The Balaban J connectivity index is 2.09. The summed E-state index contributed by atoms with van der Waals surface area (Å²) in [5, 5.41) is 0. The van der Waals surface area contributed by atoms with Crippen LogP contribution in [0.3, 0.4) is 0 Å². The smallest absolute Gasteiger partial charge is 0.238 e. The molecule has 1 rings (SSSR count). The zero-order valence-electron chi connectivity index (χ0n) is 13.1. The third-order valence-electron chi connectivity index (χ3n) is 2.74. The Morgan fingerprint density at radius 3 is 1.64 bits per heavy atom. The maximum atomic E-state index is 11.4. The van der Waals surface area contributed by atoms with Gasteiger partial charge in [-0.1, -0.05) is 0 Å². The van der Waals surface area contributed by atoms with Crippen LogP contribution in [0.25, 0.3) is 0 Å². The van der Waals surface area contributed by atoms with Gasteiger partial charge < -0.3 is 33.2 Å². The van der Waals surface area contributed by atoms with E-state index in [4.69, 9.17) is 28.4 Å². The molecule has 0 N–H and O–H groups in total. The summed E-state index contributed by atoms with van der Waals surface area (Å²) in [6.07, 6.45) is 0.851. The highest BCUT2D eigenvalue weighted by atomic mass is 16.6. The van der Waals surface area contributed by atoms with Gasteiger partial charge in [0.25, 0.3) is 0 Å². The van der Waals surface area contributed by atoms with Crippen molar-refractivity contribution in [2.45, 2.75) is 6.42 Å². The Morgan fingerprint density at radius 1 is 0.591 bits per heavy atom. The topological polar surface area (TPSA) is 72.5 Å². The first-order valence-electron chi connectivity index (χ1n) is 7.72. The van der Waals surface area contributed by atoms with Gasteiger partial charge in [0.2, 0.25) is 7.28 Å². The summed E-state index contributed by atoms with van der Waals surface area (Å²) < 4.78 is 31.9. The van der Waals surface area contributed by atoms with Crippen molar-refractivity contribution < 1.29 is 33.2 Å². The van der Waals surface area contributed by atoms with E-state index in [0.29, 0.717) is 66.1 Å². The van der Waals surface area contributed by atoms with Gasteiger partial charge in [-0.05, 0) is 6.42 Å². The minimum atomic E-state index is -0.0939. The fourth-order valence-electron chi connectivity index (χ4n) is 1.61. The van der Waals surface area contributed by atoms with Crippen molar-refractivity contribution in [2.75, 3.05) is 79.2 Å². The molecule has 0 aliphatic carbocycles. The Bertz CT molecular complexity index is 242. The van der Waals surface area contributed by atoms with Gasteiger partial charge in [0, 0.05) is 19.7 Å². The molecule has 0 amide bonds. The predicted molar refractivity (Wildman–Crippen MR) is 80.3 cm³/mol. The van der Waals surface area contributed by atoms with E-state index in [1.807, 2.05) is 0 Å². The fourth-order valence-corrected chi connectivity index (χ4v) is 1.61. The van der Waals surface area contributed by atoms with E-state index in [2.05, 4.69) is 0 Å². The van der Waals surface area contributed by atoms with Crippen LogP contribution in [0, 0.1) is 0 Å². The number of hydrogen-bond acceptors (Lipinski definition) is 7. The molecule has 0 aromatic heterocycles. The van der Waals surface area contributed by atoms with E-state index in [-0.39, 0.29) is 18.8 Å². The molecule has 0 unspecified atom stereocenters. The van der Waals surface area contributed by atoms with Gasteiger partial charge >= 0.3 is 0 Å². The van der Waals surface area contributed by atoms with Gasteiger partial charge in [-0.25, -0.2) is 0 Å². The molecule has 1 fully saturated rings. The summed E-state index contributed by atoms with van der Waals surface area (Å²) in [5.41, 5.74) is -0.0939.